The molecule has 1 atom stereocenters. The van der Waals surface area contributed by atoms with Crippen LogP contribution in [-0.2, 0) is 9.53 Å². The van der Waals surface area contributed by atoms with E-state index in [4.69, 9.17) is 25.8 Å². The molecule has 0 fully saturated rings. The SMILES string of the molecule is COc1ccc(OC)c(NC(=O)C(C)OC(=O)c2cccnc2Cl)c1. The molecule has 2 aromatic rings. The monoisotopic (exact) mass is 364 g/mol. The van der Waals surface area contributed by atoms with Gasteiger partial charge in [0.1, 0.15) is 16.7 Å². The number of benzene rings is 1. The number of rotatable bonds is 6. The van der Waals surface area contributed by atoms with Crippen molar-refractivity contribution in [2.45, 2.75) is 13.0 Å². The fraction of sp³-hybridized carbons (Fsp3) is 0.235. The maximum Gasteiger partial charge on any atom is 0.342 e. The molecule has 0 aliphatic rings. The molecule has 7 nitrogen and oxygen atoms in total. The van der Waals surface area contributed by atoms with Crippen LogP contribution in [0.25, 0.3) is 0 Å². The van der Waals surface area contributed by atoms with Gasteiger partial charge in [0.05, 0.1) is 25.5 Å². The van der Waals surface area contributed by atoms with E-state index >= 15 is 0 Å². The molecule has 0 spiro atoms. The number of pyridine rings is 1. The summed E-state index contributed by atoms with van der Waals surface area (Å²) in [6, 6.07) is 7.97. The van der Waals surface area contributed by atoms with Gasteiger partial charge >= 0.3 is 5.97 Å². The van der Waals surface area contributed by atoms with Crippen LogP contribution >= 0.6 is 11.6 Å². The highest BCUT2D eigenvalue weighted by Gasteiger charge is 2.22. The van der Waals surface area contributed by atoms with Gasteiger partial charge in [-0.1, -0.05) is 11.6 Å². The standard InChI is InChI=1S/C17H17ClN2O5/c1-10(25-17(22)12-5-4-8-19-15(12)18)16(21)20-13-9-11(23-2)6-7-14(13)24-3/h4-10H,1-3H3,(H,20,21). The van der Waals surface area contributed by atoms with E-state index in [1.807, 2.05) is 0 Å². The van der Waals surface area contributed by atoms with E-state index in [-0.39, 0.29) is 10.7 Å². The minimum absolute atomic E-state index is 0.00886. The molecule has 8 heteroatoms. The number of hydrogen-bond donors (Lipinski definition) is 1. The van der Waals surface area contributed by atoms with Gasteiger partial charge < -0.3 is 19.5 Å². The van der Waals surface area contributed by atoms with Crippen LogP contribution < -0.4 is 14.8 Å². The van der Waals surface area contributed by atoms with E-state index in [0.717, 1.165) is 0 Å². The van der Waals surface area contributed by atoms with Crippen molar-refractivity contribution < 1.29 is 23.8 Å². The maximum absolute atomic E-state index is 12.3. The molecule has 0 aliphatic heterocycles. The first-order chi connectivity index (χ1) is 12.0. The Morgan fingerprint density at radius 2 is 1.96 bits per heavy atom. The molecule has 25 heavy (non-hydrogen) atoms. The Bertz CT molecular complexity index is 781. The zero-order valence-corrected chi connectivity index (χ0v) is 14.7. The summed E-state index contributed by atoms with van der Waals surface area (Å²) in [5.41, 5.74) is 0.483. The smallest absolute Gasteiger partial charge is 0.342 e. The predicted octanol–water partition coefficient (Wildman–Crippen LogP) is 2.94. The third-order valence-electron chi connectivity index (χ3n) is 3.30. The maximum atomic E-state index is 12.3. The van der Waals surface area contributed by atoms with Crippen molar-refractivity contribution in [2.24, 2.45) is 0 Å². The van der Waals surface area contributed by atoms with Crippen molar-refractivity contribution in [2.75, 3.05) is 19.5 Å². The molecule has 1 aromatic carbocycles. The minimum Gasteiger partial charge on any atom is -0.497 e. The molecule has 0 saturated carbocycles. The highest BCUT2D eigenvalue weighted by molar-refractivity contribution is 6.32. The Morgan fingerprint density at radius 1 is 1.20 bits per heavy atom. The summed E-state index contributed by atoms with van der Waals surface area (Å²) < 4.78 is 15.4. The average Bonchev–Trinajstić information content (AvgIpc) is 2.61. The Labute approximate surface area is 149 Å². The molecule has 1 aromatic heterocycles. The molecule has 1 unspecified atom stereocenters. The Morgan fingerprint density at radius 3 is 2.60 bits per heavy atom. The normalized spacial score (nSPS) is 11.4. The second kappa shape index (κ2) is 8.34. The molecular formula is C17H17ClN2O5. The Kier molecular flexibility index (Phi) is 6.19. The summed E-state index contributed by atoms with van der Waals surface area (Å²) in [6.07, 6.45) is 0.393. The van der Waals surface area contributed by atoms with E-state index in [1.165, 1.54) is 33.4 Å². The van der Waals surface area contributed by atoms with Crippen LogP contribution in [0, 0.1) is 0 Å². The summed E-state index contributed by atoms with van der Waals surface area (Å²) in [4.78, 5) is 28.2. The van der Waals surface area contributed by atoms with Gasteiger partial charge in [-0.15, -0.1) is 0 Å². The van der Waals surface area contributed by atoms with Gasteiger partial charge in [0.25, 0.3) is 5.91 Å². The van der Waals surface area contributed by atoms with Crippen molar-refractivity contribution in [1.82, 2.24) is 4.98 Å². The van der Waals surface area contributed by atoms with Gasteiger partial charge in [-0.25, -0.2) is 9.78 Å². The second-order valence-electron chi connectivity index (χ2n) is 4.94. The zero-order chi connectivity index (χ0) is 18.4. The number of halogens is 1. The highest BCUT2D eigenvalue weighted by Crippen LogP contribution is 2.29. The Hall–Kier alpha value is -2.80. The van der Waals surface area contributed by atoms with Crippen LogP contribution in [-0.4, -0.2) is 37.2 Å². The third-order valence-corrected chi connectivity index (χ3v) is 3.60. The number of carbonyl (C=O) groups is 2. The van der Waals surface area contributed by atoms with Gasteiger partial charge in [0.2, 0.25) is 0 Å². The number of anilines is 1. The number of nitrogens with zero attached hydrogens (tertiary/aromatic N) is 1. The van der Waals surface area contributed by atoms with E-state index < -0.39 is 18.0 Å². The highest BCUT2D eigenvalue weighted by atomic mass is 35.5. The van der Waals surface area contributed by atoms with Crippen LogP contribution in [0.1, 0.15) is 17.3 Å². The number of ether oxygens (including phenoxy) is 3. The molecular weight excluding hydrogens is 348 g/mol. The topological polar surface area (TPSA) is 86.8 Å². The molecule has 0 saturated heterocycles. The second-order valence-corrected chi connectivity index (χ2v) is 5.30. The lowest BCUT2D eigenvalue weighted by Gasteiger charge is -2.16. The lowest BCUT2D eigenvalue weighted by Crippen LogP contribution is -2.30. The van der Waals surface area contributed by atoms with Crippen LogP contribution in [0.4, 0.5) is 5.69 Å². The fourth-order valence-electron chi connectivity index (χ4n) is 1.96. The first-order valence-electron chi connectivity index (χ1n) is 7.30. The molecule has 0 aliphatic carbocycles. The van der Waals surface area contributed by atoms with Crippen LogP contribution in [0.15, 0.2) is 36.5 Å². The number of carbonyl (C=O) groups excluding carboxylic acids is 2. The summed E-state index contributed by atoms with van der Waals surface area (Å²) >= 11 is 5.84. The van der Waals surface area contributed by atoms with Crippen molar-refractivity contribution >= 4 is 29.2 Å². The number of nitrogens with one attached hydrogen (secondary N) is 1. The largest absolute Gasteiger partial charge is 0.497 e. The van der Waals surface area contributed by atoms with Gasteiger partial charge in [0, 0.05) is 12.3 Å². The van der Waals surface area contributed by atoms with Gasteiger partial charge in [-0.05, 0) is 31.2 Å². The first kappa shape index (κ1) is 18.5. The summed E-state index contributed by atoms with van der Waals surface area (Å²) in [7, 11) is 2.99. The molecule has 2 rings (SSSR count). The van der Waals surface area contributed by atoms with E-state index in [2.05, 4.69) is 10.3 Å². The van der Waals surface area contributed by atoms with Crippen molar-refractivity contribution in [1.29, 1.82) is 0 Å². The van der Waals surface area contributed by atoms with E-state index in [9.17, 15) is 9.59 Å². The lowest BCUT2D eigenvalue weighted by molar-refractivity contribution is -0.123. The number of amides is 1. The number of aromatic nitrogens is 1. The van der Waals surface area contributed by atoms with Crippen molar-refractivity contribution in [3.8, 4) is 11.5 Å². The predicted molar refractivity (Wildman–Crippen MR) is 92.3 cm³/mol. The average molecular weight is 365 g/mol. The zero-order valence-electron chi connectivity index (χ0n) is 13.9. The van der Waals surface area contributed by atoms with Crippen LogP contribution in [0.2, 0.25) is 5.15 Å². The minimum atomic E-state index is -1.06. The van der Waals surface area contributed by atoms with Crippen molar-refractivity contribution in [3.05, 3.63) is 47.2 Å². The van der Waals surface area contributed by atoms with Crippen LogP contribution in [0.3, 0.4) is 0 Å². The number of esters is 1. The van der Waals surface area contributed by atoms with Gasteiger partial charge in [0.15, 0.2) is 6.10 Å². The molecule has 1 amide bonds. The van der Waals surface area contributed by atoms with Gasteiger partial charge in [-0.3, -0.25) is 4.79 Å². The summed E-state index contributed by atoms with van der Waals surface area (Å²) in [5.74, 6) is -0.274. The van der Waals surface area contributed by atoms with Gasteiger partial charge in [-0.2, -0.15) is 0 Å². The molecule has 132 valence electrons. The molecule has 0 bridgehead atoms. The quantitative estimate of drug-likeness (QED) is 0.626. The number of hydrogen-bond acceptors (Lipinski definition) is 6. The fourth-order valence-corrected chi connectivity index (χ4v) is 2.16. The first-order valence-corrected chi connectivity index (χ1v) is 7.68. The van der Waals surface area contributed by atoms with E-state index in [1.54, 1.807) is 24.3 Å². The Balaban J connectivity index is 2.08. The van der Waals surface area contributed by atoms with E-state index in [0.29, 0.717) is 17.2 Å². The molecule has 0 radical (unpaired) electrons. The molecule has 1 N–H and O–H groups in total. The number of methoxy groups -OCH3 is 2. The third kappa shape index (κ3) is 4.60. The lowest BCUT2D eigenvalue weighted by atomic mass is 10.2. The van der Waals surface area contributed by atoms with Crippen molar-refractivity contribution in [3.63, 3.8) is 0 Å². The summed E-state index contributed by atoms with van der Waals surface area (Å²) in [6.45, 7) is 1.45. The van der Waals surface area contributed by atoms with Crippen LogP contribution in [0.5, 0.6) is 11.5 Å². The molecule has 1 heterocycles. The summed E-state index contributed by atoms with van der Waals surface area (Å²) in [5, 5.41) is 2.65.